The van der Waals surface area contributed by atoms with Crippen molar-refractivity contribution >= 4 is 11.6 Å². The van der Waals surface area contributed by atoms with Crippen LogP contribution in [0.1, 0.15) is 11.3 Å². The summed E-state index contributed by atoms with van der Waals surface area (Å²) in [6, 6.07) is 3.65. The van der Waals surface area contributed by atoms with E-state index in [-0.39, 0.29) is 5.88 Å². The topological polar surface area (TPSA) is 55.1 Å². The van der Waals surface area contributed by atoms with Crippen LogP contribution < -0.4 is 4.74 Å². The third-order valence-corrected chi connectivity index (χ3v) is 2.00. The second-order valence-corrected chi connectivity index (χ2v) is 3.03. The molecule has 1 rings (SSSR count). The van der Waals surface area contributed by atoms with E-state index in [0.717, 1.165) is 0 Å². The molecule has 0 atom stereocenters. The number of nitrogens with zero attached hydrogens (tertiary/aromatic N) is 2. The Morgan fingerprint density at radius 3 is 2.93 bits per heavy atom. The molecule has 1 heterocycles. The number of hydrogen-bond donors (Lipinski definition) is 0. The number of aromatic nitrogens is 1. The van der Waals surface area contributed by atoms with Crippen LogP contribution in [-0.2, 0) is 10.6 Å². The summed E-state index contributed by atoms with van der Waals surface area (Å²) < 4.78 is 10.1. The number of halogens is 1. The van der Waals surface area contributed by atoms with E-state index in [2.05, 4.69) is 4.98 Å². The largest absolute Gasteiger partial charge is 0.488 e. The Labute approximate surface area is 93.4 Å². The summed E-state index contributed by atoms with van der Waals surface area (Å²) in [6.45, 7) is 0.870. The zero-order chi connectivity index (χ0) is 11.1. The van der Waals surface area contributed by atoms with E-state index >= 15 is 0 Å². The van der Waals surface area contributed by atoms with Gasteiger partial charge in [0.1, 0.15) is 12.7 Å². The first-order chi connectivity index (χ1) is 7.31. The van der Waals surface area contributed by atoms with Crippen molar-refractivity contribution in [3.8, 4) is 11.8 Å². The maximum Gasteiger partial charge on any atom is 0.155 e. The Bertz CT molecular complexity index is 363. The lowest BCUT2D eigenvalue weighted by molar-refractivity contribution is 0.146. The molecule has 4 nitrogen and oxygen atoms in total. The molecule has 0 saturated carbocycles. The normalized spacial score (nSPS) is 9.67. The molecule has 5 heteroatoms. The van der Waals surface area contributed by atoms with Crippen molar-refractivity contribution in [1.29, 1.82) is 5.26 Å². The standard InChI is InChI=1S/C10H11ClN2O2/c1-14-2-3-15-10-7-13-9(5-11)4-8(10)6-12/h4,7H,2-3,5H2,1H3. The van der Waals surface area contributed by atoms with Crippen LogP contribution in [0.15, 0.2) is 12.3 Å². The van der Waals surface area contributed by atoms with Crippen LogP contribution >= 0.6 is 11.6 Å². The zero-order valence-electron chi connectivity index (χ0n) is 8.36. The van der Waals surface area contributed by atoms with Crippen LogP contribution in [0.2, 0.25) is 0 Å². The molecule has 0 spiro atoms. The molecule has 1 aromatic rings. The summed E-state index contributed by atoms with van der Waals surface area (Å²) in [5.41, 5.74) is 1.10. The maximum atomic E-state index is 8.86. The molecule has 0 aromatic carbocycles. The van der Waals surface area contributed by atoms with Crippen molar-refractivity contribution in [2.75, 3.05) is 20.3 Å². The third-order valence-electron chi connectivity index (χ3n) is 1.73. The summed E-state index contributed by atoms with van der Waals surface area (Å²) in [7, 11) is 1.59. The predicted molar refractivity (Wildman–Crippen MR) is 55.9 cm³/mol. The van der Waals surface area contributed by atoms with Gasteiger partial charge in [0.2, 0.25) is 0 Å². The lowest BCUT2D eigenvalue weighted by Crippen LogP contribution is -2.06. The Kier molecular flexibility index (Phi) is 4.88. The number of ether oxygens (including phenoxy) is 2. The number of hydrogen-bond acceptors (Lipinski definition) is 4. The van der Waals surface area contributed by atoms with Gasteiger partial charge in [-0.25, -0.2) is 0 Å². The fourth-order valence-corrected chi connectivity index (χ4v) is 1.14. The van der Waals surface area contributed by atoms with Crippen molar-refractivity contribution in [2.45, 2.75) is 5.88 Å². The Morgan fingerprint density at radius 1 is 1.53 bits per heavy atom. The Morgan fingerprint density at radius 2 is 2.33 bits per heavy atom. The summed E-state index contributed by atoms with van der Waals surface area (Å²) in [4.78, 5) is 4.04. The van der Waals surface area contributed by atoms with Gasteiger partial charge in [0, 0.05) is 7.11 Å². The van der Waals surface area contributed by atoms with Crippen molar-refractivity contribution in [2.24, 2.45) is 0 Å². The van der Waals surface area contributed by atoms with E-state index in [9.17, 15) is 0 Å². The fourth-order valence-electron chi connectivity index (χ4n) is 0.997. The molecule has 80 valence electrons. The van der Waals surface area contributed by atoms with E-state index in [1.165, 1.54) is 6.20 Å². The van der Waals surface area contributed by atoms with Gasteiger partial charge < -0.3 is 9.47 Å². The predicted octanol–water partition coefficient (Wildman–Crippen LogP) is 1.72. The second kappa shape index (κ2) is 6.23. The highest BCUT2D eigenvalue weighted by Gasteiger charge is 2.05. The smallest absolute Gasteiger partial charge is 0.155 e. The third kappa shape index (κ3) is 3.39. The number of alkyl halides is 1. The molecular weight excluding hydrogens is 216 g/mol. The van der Waals surface area contributed by atoms with Crippen molar-refractivity contribution < 1.29 is 9.47 Å². The molecule has 0 saturated heterocycles. The van der Waals surface area contributed by atoms with Crippen molar-refractivity contribution in [1.82, 2.24) is 4.98 Å². The molecular formula is C10H11ClN2O2. The summed E-state index contributed by atoms with van der Waals surface area (Å²) in [6.07, 6.45) is 1.51. The summed E-state index contributed by atoms with van der Waals surface area (Å²) in [5, 5.41) is 8.86. The average Bonchev–Trinajstić information content (AvgIpc) is 2.29. The quantitative estimate of drug-likeness (QED) is 0.567. The number of methoxy groups -OCH3 is 1. The first kappa shape index (κ1) is 11.8. The number of nitriles is 1. The highest BCUT2D eigenvalue weighted by atomic mass is 35.5. The molecule has 0 N–H and O–H groups in total. The van der Waals surface area contributed by atoms with E-state index in [1.807, 2.05) is 6.07 Å². The number of pyridine rings is 1. The van der Waals surface area contributed by atoms with Crippen LogP contribution in [-0.4, -0.2) is 25.3 Å². The van der Waals surface area contributed by atoms with Gasteiger partial charge in [-0.3, -0.25) is 4.98 Å². The van der Waals surface area contributed by atoms with Gasteiger partial charge in [-0.2, -0.15) is 5.26 Å². The van der Waals surface area contributed by atoms with E-state index in [0.29, 0.717) is 30.2 Å². The Hall–Kier alpha value is -1.31. The van der Waals surface area contributed by atoms with Gasteiger partial charge in [-0.05, 0) is 6.07 Å². The molecule has 0 amide bonds. The van der Waals surface area contributed by atoms with Gasteiger partial charge in [0.25, 0.3) is 0 Å². The zero-order valence-corrected chi connectivity index (χ0v) is 9.12. The minimum Gasteiger partial charge on any atom is -0.488 e. The first-order valence-corrected chi connectivity index (χ1v) is 4.92. The molecule has 0 aliphatic carbocycles. The second-order valence-electron chi connectivity index (χ2n) is 2.76. The fraction of sp³-hybridized carbons (Fsp3) is 0.400. The summed E-state index contributed by atoms with van der Waals surface area (Å²) >= 11 is 5.60. The van der Waals surface area contributed by atoms with Gasteiger partial charge in [0.15, 0.2) is 5.75 Å². The van der Waals surface area contributed by atoms with Crippen LogP contribution in [0.5, 0.6) is 5.75 Å². The van der Waals surface area contributed by atoms with Crippen LogP contribution in [0.4, 0.5) is 0 Å². The molecule has 0 unspecified atom stereocenters. The molecule has 0 fully saturated rings. The van der Waals surface area contributed by atoms with Crippen molar-refractivity contribution in [3.63, 3.8) is 0 Å². The molecule has 0 aliphatic heterocycles. The highest BCUT2D eigenvalue weighted by molar-refractivity contribution is 6.16. The minimum absolute atomic E-state index is 0.285. The maximum absolute atomic E-state index is 8.86. The van der Waals surface area contributed by atoms with Gasteiger partial charge in [-0.15, -0.1) is 11.6 Å². The number of rotatable bonds is 5. The molecule has 0 bridgehead atoms. The minimum atomic E-state index is 0.285. The van der Waals surface area contributed by atoms with Gasteiger partial charge in [-0.1, -0.05) is 0 Å². The van der Waals surface area contributed by atoms with Gasteiger partial charge in [0.05, 0.1) is 29.9 Å². The Balaban J connectivity index is 2.75. The molecule has 15 heavy (non-hydrogen) atoms. The molecule has 0 radical (unpaired) electrons. The van der Waals surface area contributed by atoms with E-state index < -0.39 is 0 Å². The van der Waals surface area contributed by atoms with Crippen molar-refractivity contribution in [3.05, 3.63) is 23.5 Å². The molecule has 0 aliphatic rings. The van der Waals surface area contributed by atoms with E-state index in [1.54, 1.807) is 13.2 Å². The SMILES string of the molecule is COCCOc1cnc(CCl)cc1C#N. The monoisotopic (exact) mass is 226 g/mol. The van der Waals surface area contributed by atoms with Crippen LogP contribution in [0.3, 0.4) is 0 Å². The average molecular weight is 227 g/mol. The first-order valence-electron chi connectivity index (χ1n) is 4.38. The van der Waals surface area contributed by atoms with Crippen LogP contribution in [0.25, 0.3) is 0 Å². The van der Waals surface area contributed by atoms with Gasteiger partial charge >= 0.3 is 0 Å². The van der Waals surface area contributed by atoms with Crippen LogP contribution in [0, 0.1) is 11.3 Å². The lowest BCUT2D eigenvalue weighted by Gasteiger charge is -2.07. The lowest BCUT2D eigenvalue weighted by atomic mass is 10.2. The summed E-state index contributed by atoms with van der Waals surface area (Å²) in [5.74, 6) is 0.746. The highest BCUT2D eigenvalue weighted by Crippen LogP contribution is 2.17. The van der Waals surface area contributed by atoms with E-state index in [4.69, 9.17) is 26.3 Å². The molecule has 1 aromatic heterocycles.